The predicted octanol–water partition coefficient (Wildman–Crippen LogP) is 4.29. The molecule has 0 saturated carbocycles. The van der Waals surface area contributed by atoms with E-state index >= 15 is 0 Å². The van der Waals surface area contributed by atoms with Crippen molar-refractivity contribution < 1.29 is 14.7 Å². The van der Waals surface area contributed by atoms with Crippen LogP contribution in [0.3, 0.4) is 0 Å². The summed E-state index contributed by atoms with van der Waals surface area (Å²) in [4.78, 5) is 27.6. The Morgan fingerprint density at radius 3 is 2.70 bits per heavy atom. The van der Waals surface area contributed by atoms with Gasteiger partial charge in [0.25, 0.3) is 0 Å². The van der Waals surface area contributed by atoms with E-state index in [2.05, 4.69) is 4.99 Å². The van der Waals surface area contributed by atoms with Crippen molar-refractivity contribution in [2.45, 2.75) is 68.6 Å². The van der Waals surface area contributed by atoms with Gasteiger partial charge in [0.2, 0.25) is 0 Å². The summed E-state index contributed by atoms with van der Waals surface area (Å²) in [6, 6.07) is 0. The highest BCUT2D eigenvalue weighted by Gasteiger charge is 2.35. The van der Waals surface area contributed by atoms with Gasteiger partial charge < -0.3 is 5.11 Å². The number of carboxylic acid groups (broad SMARTS) is 1. The summed E-state index contributed by atoms with van der Waals surface area (Å²) in [6.07, 6.45) is 12.6. The Balaban J connectivity index is 1.71. The van der Waals surface area contributed by atoms with Gasteiger partial charge in [-0.25, -0.2) is 0 Å². The standard InChI is InChI=1S/C17H25NO3S2/c19-15(7-2-1-6-14-9-13-22-23-14)17(11-5-12-18-17)10-4-3-8-16(20)21/h5,11-12,14H,1-4,6-10,13H2,(H,20,21). The quantitative estimate of drug-likeness (QED) is 0.442. The molecule has 2 unspecified atom stereocenters. The minimum atomic E-state index is -0.779. The van der Waals surface area contributed by atoms with Crippen LogP contribution in [0.5, 0.6) is 0 Å². The van der Waals surface area contributed by atoms with E-state index < -0.39 is 11.5 Å². The van der Waals surface area contributed by atoms with Gasteiger partial charge in [-0.1, -0.05) is 28.0 Å². The van der Waals surface area contributed by atoms with Crippen LogP contribution < -0.4 is 0 Å². The van der Waals surface area contributed by atoms with Crippen LogP contribution in [0.25, 0.3) is 0 Å². The monoisotopic (exact) mass is 355 g/mol. The number of Topliss-reactive ketones (excluding diaryl/α,β-unsaturated/α-hetero) is 1. The fourth-order valence-electron chi connectivity index (χ4n) is 2.98. The Bertz CT molecular complexity index is 458. The molecule has 1 fully saturated rings. The first-order chi connectivity index (χ1) is 11.1. The van der Waals surface area contributed by atoms with Crippen LogP contribution in [-0.2, 0) is 9.59 Å². The molecule has 2 aliphatic rings. The van der Waals surface area contributed by atoms with Crippen LogP contribution >= 0.6 is 21.6 Å². The lowest BCUT2D eigenvalue weighted by atomic mass is 9.86. The van der Waals surface area contributed by atoms with Gasteiger partial charge in [-0.15, -0.1) is 0 Å². The van der Waals surface area contributed by atoms with Crippen molar-refractivity contribution in [2.24, 2.45) is 4.99 Å². The molecule has 1 N–H and O–H groups in total. The Morgan fingerprint density at radius 1 is 1.22 bits per heavy atom. The molecule has 6 heteroatoms. The lowest BCUT2D eigenvalue weighted by Gasteiger charge is -2.22. The zero-order chi connectivity index (χ0) is 16.5. The Labute approximate surface area is 146 Å². The van der Waals surface area contributed by atoms with Gasteiger partial charge in [0.15, 0.2) is 5.78 Å². The third-order valence-corrected chi connectivity index (χ3v) is 7.36. The highest BCUT2D eigenvalue weighted by Crippen LogP contribution is 2.40. The molecule has 1 saturated heterocycles. The van der Waals surface area contributed by atoms with Crippen LogP contribution in [0.4, 0.5) is 0 Å². The highest BCUT2D eigenvalue weighted by atomic mass is 33.1. The number of hydrogen-bond donors (Lipinski definition) is 1. The summed E-state index contributed by atoms with van der Waals surface area (Å²) in [5, 5.41) is 9.47. The fourth-order valence-corrected chi connectivity index (χ4v) is 6.01. The van der Waals surface area contributed by atoms with Crippen LogP contribution in [0.15, 0.2) is 17.1 Å². The minimum absolute atomic E-state index is 0.161. The maximum atomic E-state index is 12.6. The van der Waals surface area contributed by atoms with Gasteiger partial charge >= 0.3 is 5.97 Å². The topological polar surface area (TPSA) is 66.7 Å². The first kappa shape index (κ1) is 18.6. The molecule has 0 spiro atoms. The number of unbranched alkanes of at least 4 members (excludes halogenated alkanes) is 2. The average Bonchev–Trinajstić information content (AvgIpc) is 3.20. The van der Waals surface area contributed by atoms with Gasteiger partial charge in [-0.05, 0) is 50.7 Å². The Morgan fingerprint density at radius 2 is 2.04 bits per heavy atom. The minimum Gasteiger partial charge on any atom is -0.481 e. The molecule has 128 valence electrons. The number of carbonyl (C=O) groups is 2. The number of allylic oxidation sites excluding steroid dienone is 1. The van der Waals surface area contributed by atoms with Crippen LogP contribution in [0.1, 0.15) is 57.8 Å². The highest BCUT2D eigenvalue weighted by molar-refractivity contribution is 8.77. The Kier molecular flexibility index (Phi) is 7.70. The van der Waals surface area contributed by atoms with E-state index in [9.17, 15) is 9.59 Å². The number of nitrogens with zero attached hydrogens (tertiary/aromatic N) is 1. The second-order valence-electron chi connectivity index (χ2n) is 6.16. The number of aliphatic carboxylic acids is 1. The third kappa shape index (κ3) is 5.99. The zero-order valence-electron chi connectivity index (χ0n) is 13.4. The van der Waals surface area contributed by atoms with E-state index in [4.69, 9.17) is 5.11 Å². The second-order valence-corrected chi connectivity index (χ2v) is 8.95. The lowest BCUT2D eigenvalue weighted by Crippen LogP contribution is -2.33. The Hall–Kier alpha value is -0.750. The number of hydrogen-bond acceptors (Lipinski definition) is 5. The molecule has 2 aliphatic heterocycles. The number of aliphatic imine (C=N–C) groups is 1. The first-order valence-electron chi connectivity index (χ1n) is 8.39. The molecule has 2 heterocycles. The van der Waals surface area contributed by atoms with Crippen LogP contribution in [0, 0.1) is 0 Å². The molecular formula is C17H25NO3S2. The zero-order valence-corrected chi connectivity index (χ0v) is 15.0. The van der Waals surface area contributed by atoms with Gasteiger partial charge in [-0.2, -0.15) is 0 Å². The first-order valence-corrected chi connectivity index (χ1v) is 10.8. The normalized spacial score (nSPS) is 26.0. The van der Waals surface area contributed by atoms with Crippen molar-refractivity contribution in [3.8, 4) is 0 Å². The molecule has 0 bridgehead atoms. The maximum Gasteiger partial charge on any atom is 0.303 e. The summed E-state index contributed by atoms with van der Waals surface area (Å²) in [7, 11) is 3.95. The van der Waals surface area contributed by atoms with Gasteiger partial charge in [0.05, 0.1) is 0 Å². The molecular weight excluding hydrogens is 330 g/mol. The number of rotatable bonds is 11. The molecule has 0 radical (unpaired) electrons. The summed E-state index contributed by atoms with van der Waals surface area (Å²) in [6.45, 7) is 0. The third-order valence-electron chi connectivity index (χ3n) is 4.35. The summed E-state index contributed by atoms with van der Waals surface area (Å²) < 4.78 is 0. The van der Waals surface area contributed by atoms with Crippen molar-refractivity contribution >= 4 is 39.6 Å². The smallest absolute Gasteiger partial charge is 0.303 e. The van der Waals surface area contributed by atoms with Gasteiger partial charge in [0, 0.05) is 30.1 Å². The van der Waals surface area contributed by atoms with Crippen molar-refractivity contribution in [3.63, 3.8) is 0 Å². The lowest BCUT2D eigenvalue weighted by molar-refractivity contribution is -0.137. The largest absolute Gasteiger partial charge is 0.481 e. The summed E-state index contributed by atoms with van der Waals surface area (Å²) >= 11 is 0. The number of carbonyl (C=O) groups excluding carboxylic acids is 1. The van der Waals surface area contributed by atoms with Crippen molar-refractivity contribution in [2.75, 3.05) is 5.75 Å². The van der Waals surface area contributed by atoms with E-state index in [0.717, 1.165) is 24.5 Å². The number of ketones is 1. The van der Waals surface area contributed by atoms with E-state index in [1.54, 1.807) is 6.21 Å². The summed E-state index contributed by atoms with van der Waals surface area (Å²) in [5.74, 6) is 0.665. The predicted molar refractivity (Wildman–Crippen MR) is 98.4 cm³/mol. The molecule has 23 heavy (non-hydrogen) atoms. The SMILES string of the molecule is O=C(O)CCCCC1(C(=O)CCCCC2CCSS2)C=CC=N1. The molecule has 0 aromatic carbocycles. The van der Waals surface area contributed by atoms with E-state index in [1.165, 1.54) is 18.6 Å². The van der Waals surface area contributed by atoms with E-state index in [0.29, 0.717) is 19.3 Å². The van der Waals surface area contributed by atoms with Crippen LogP contribution in [-0.4, -0.2) is 39.6 Å². The molecule has 2 rings (SSSR count). The fraction of sp³-hybridized carbons (Fsp3) is 0.706. The molecule has 0 aromatic heterocycles. The van der Waals surface area contributed by atoms with Crippen molar-refractivity contribution in [1.82, 2.24) is 0 Å². The molecule has 0 aliphatic carbocycles. The molecule has 0 amide bonds. The van der Waals surface area contributed by atoms with Crippen molar-refractivity contribution in [1.29, 1.82) is 0 Å². The van der Waals surface area contributed by atoms with Crippen LogP contribution in [0.2, 0.25) is 0 Å². The summed E-state index contributed by atoms with van der Waals surface area (Å²) in [5.41, 5.74) is -0.712. The van der Waals surface area contributed by atoms with Gasteiger partial charge in [-0.3, -0.25) is 14.6 Å². The van der Waals surface area contributed by atoms with E-state index in [-0.39, 0.29) is 12.2 Å². The van der Waals surface area contributed by atoms with E-state index in [1.807, 2.05) is 33.7 Å². The average molecular weight is 356 g/mol. The molecule has 4 nitrogen and oxygen atoms in total. The second kappa shape index (κ2) is 9.52. The van der Waals surface area contributed by atoms with Gasteiger partial charge in [0.1, 0.15) is 5.54 Å². The molecule has 0 aromatic rings. The maximum absolute atomic E-state index is 12.6. The number of carboxylic acids is 1. The molecule has 2 atom stereocenters. The van der Waals surface area contributed by atoms with Crippen molar-refractivity contribution in [3.05, 3.63) is 12.2 Å².